The fourth-order valence-electron chi connectivity index (χ4n) is 4.20. The van der Waals surface area contributed by atoms with Crippen molar-refractivity contribution in [2.24, 2.45) is 5.73 Å². The van der Waals surface area contributed by atoms with E-state index in [1.165, 1.54) is 0 Å². The molecule has 0 spiro atoms. The van der Waals surface area contributed by atoms with Gasteiger partial charge in [0, 0.05) is 35.6 Å². The molecule has 0 unspecified atom stereocenters. The highest BCUT2D eigenvalue weighted by Crippen LogP contribution is 2.28. The zero-order chi connectivity index (χ0) is 24.1. The number of aryl methyl sites for hydroxylation is 1. The summed E-state index contributed by atoms with van der Waals surface area (Å²) in [6.07, 6.45) is 2.51. The fourth-order valence-corrected chi connectivity index (χ4v) is 4.20. The van der Waals surface area contributed by atoms with Gasteiger partial charge in [-0.1, -0.05) is 42.5 Å². The van der Waals surface area contributed by atoms with Crippen LogP contribution < -0.4 is 21.3 Å². The maximum atomic E-state index is 13.4. The molecule has 1 fully saturated rings. The predicted octanol–water partition coefficient (Wildman–Crippen LogP) is 4.59. The van der Waals surface area contributed by atoms with Gasteiger partial charge < -0.3 is 21.3 Å². The summed E-state index contributed by atoms with van der Waals surface area (Å²) in [5.41, 5.74) is 10.2. The normalized spacial score (nSPS) is 14.4. The summed E-state index contributed by atoms with van der Waals surface area (Å²) < 4.78 is 0. The molecule has 7 nitrogen and oxygen atoms in total. The lowest BCUT2D eigenvalue weighted by Gasteiger charge is -2.28. The first kappa shape index (κ1) is 23.0. The third kappa shape index (κ3) is 5.26. The Kier molecular flexibility index (Phi) is 6.92. The molecule has 1 atom stereocenters. The van der Waals surface area contributed by atoms with Crippen LogP contribution in [0.3, 0.4) is 0 Å². The molecule has 174 valence electrons. The van der Waals surface area contributed by atoms with Crippen molar-refractivity contribution in [2.45, 2.75) is 32.2 Å². The van der Waals surface area contributed by atoms with Crippen LogP contribution in [-0.4, -0.2) is 24.2 Å². The van der Waals surface area contributed by atoms with Crippen LogP contribution in [0.2, 0.25) is 0 Å². The number of nitrogens with one attached hydrogen (secondary N) is 3. The second-order valence-corrected chi connectivity index (χ2v) is 8.48. The molecule has 4 rings (SSSR count). The Bertz CT molecular complexity index is 1210. The Morgan fingerprint density at radius 2 is 1.79 bits per heavy atom. The van der Waals surface area contributed by atoms with E-state index in [4.69, 9.17) is 11.1 Å². The largest absolute Gasteiger partial charge is 0.384 e. The van der Waals surface area contributed by atoms with E-state index >= 15 is 0 Å². The van der Waals surface area contributed by atoms with Gasteiger partial charge in [-0.15, -0.1) is 0 Å². The van der Waals surface area contributed by atoms with E-state index in [0.717, 1.165) is 36.2 Å². The van der Waals surface area contributed by atoms with E-state index in [1.54, 1.807) is 18.2 Å². The second kappa shape index (κ2) is 10.2. The van der Waals surface area contributed by atoms with Crippen molar-refractivity contribution >= 4 is 34.7 Å². The van der Waals surface area contributed by atoms with Gasteiger partial charge in [-0.2, -0.15) is 0 Å². The molecular weight excluding hydrogens is 426 g/mol. The number of nitrogens with zero attached hydrogens (tertiary/aromatic N) is 1. The highest BCUT2D eigenvalue weighted by Gasteiger charge is 2.23. The number of amidine groups is 1. The van der Waals surface area contributed by atoms with Crippen LogP contribution in [0.15, 0.2) is 72.8 Å². The Morgan fingerprint density at radius 3 is 2.50 bits per heavy atom. The van der Waals surface area contributed by atoms with Crippen molar-refractivity contribution in [1.29, 1.82) is 5.41 Å². The summed E-state index contributed by atoms with van der Waals surface area (Å²) >= 11 is 0. The molecule has 2 amide bonds. The summed E-state index contributed by atoms with van der Waals surface area (Å²) in [6, 6.07) is 21.6. The minimum absolute atomic E-state index is 0.0351. The van der Waals surface area contributed by atoms with Crippen molar-refractivity contribution < 1.29 is 9.59 Å². The van der Waals surface area contributed by atoms with Gasteiger partial charge in [0.15, 0.2) is 0 Å². The number of nitrogen functional groups attached to an aromatic ring is 1. The predicted molar refractivity (Wildman–Crippen MR) is 136 cm³/mol. The summed E-state index contributed by atoms with van der Waals surface area (Å²) in [6.45, 7) is 2.68. The number of anilines is 3. The molecule has 0 aliphatic carbocycles. The van der Waals surface area contributed by atoms with E-state index in [0.29, 0.717) is 23.4 Å². The van der Waals surface area contributed by atoms with Gasteiger partial charge in [0.2, 0.25) is 5.91 Å². The standard InChI is InChI=1S/C27H29N5O2/c1-18-16-22(13-14-23(18)32-15-6-5-12-24(32)33)31-27(34)25(19-8-3-2-4-9-19)30-21-11-7-10-20(17-21)26(28)29/h2-4,7-11,13-14,16-17,25,30H,5-6,12,15H2,1H3,(H3,28,29)(H,31,34)/t25-/m0/s1. The van der Waals surface area contributed by atoms with Gasteiger partial charge in [-0.25, -0.2) is 0 Å². The van der Waals surface area contributed by atoms with Crippen LogP contribution in [-0.2, 0) is 9.59 Å². The summed E-state index contributed by atoms with van der Waals surface area (Å²) in [5.74, 6) is -0.111. The zero-order valence-electron chi connectivity index (χ0n) is 19.2. The first-order valence-electron chi connectivity index (χ1n) is 11.4. The molecular formula is C27H29N5O2. The van der Waals surface area contributed by atoms with Crippen LogP contribution >= 0.6 is 0 Å². The molecule has 1 aliphatic heterocycles. The Hall–Kier alpha value is -4.13. The number of carbonyl (C=O) groups excluding carboxylic acids is 2. The SMILES string of the molecule is Cc1cc(NC(=O)[C@@H](Nc2cccc(C(=N)N)c2)c2ccccc2)ccc1N1CCCCC1=O. The summed E-state index contributed by atoms with van der Waals surface area (Å²) in [5, 5.41) is 14.0. The molecule has 1 saturated heterocycles. The fraction of sp³-hybridized carbons (Fsp3) is 0.222. The number of nitrogens with two attached hydrogens (primary N) is 1. The van der Waals surface area contributed by atoms with Crippen LogP contribution in [0.4, 0.5) is 17.1 Å². The molecule has 0 radical (unpaired) electrons. The van der Waals surface area contributed by atoms with Gasteiger partial charge >= 0.3 is 0 Å². The highest BCUT2D eigenvalue weighted by molar-refractivity contribution is 5.99. The van der Waals surface area contributed by atoms with Crippen LogP contribution in [0, 0.1) is 12.3 Å². The first-order chi connectivity index (χ1) is 16.4. The zero-order valence-corrected chi connectivity index (χ0v) is 19.2. The molecule has 1 heterocycles. The first-order valence-corrected chi connectivity index (χ1v) is 11.4. The number of rotatable bonds is 7. The number of amides is 2. The molecule has 34 heavy (non-hydrogen) atoms. The number of hydrogen-bond donors (Lipinski definition) is 4. The molecule has 5 N–H and O–H groups in total. The Labute approximate surface area is 199 Å². The Balaban J connectivity index is 1.56. The van der Waals surface area contributed by atoms with E-state index in [-0.39, 0.29) is 17.6 Å². The van der Waals surface area contributed by atoms with Crippen molar-refractivity contribution in [3.05, 3.63) is 89.5 Å². The summed E-state index contributed by atoms with van der Waals surface area (Å²) in [7, 11) is 0. The Morgan fingerprint density at radius 1 is 1.00 bits per heavy atom. The van der Waals surface area contributed by atoms with E-state index in [9.17, 15) is 9.59 Å². The van der Waals surface area contributed by atoms with Gasteiger partial charge in [0.25, 0.3) is 5.91 Å². The van der Waals surface area contributed by atoms with Gasteiger partial charge in [0.05, 0.1) is 0 Å². The third-order valence-corrected chi connectivity index (χ3v) is 5.96. The topological polar surface area (TPSA) is 111 Å². The number of piperidine rings is 1. The van der Waals surface area contributed by atoms with E-state index < -0.39 is 6.04 Å². The van der Waals surface area contributed by atoms with Crippen LogP contribution in [0.25, 0.3) is 0 Å². The second-order valence-electron chi connectivity index (χ2n) is 8.48. The number of benzene rings is 3. The average Bonchev–Trinajstić information content (AvgIpc) is 2.84. The number of hydrogen-bond acceptors (Lipinski definition) is 4. The molecule has 0 aromatic heterocycles. The third-order valence-electron chi connectivity index (χ3n) is 5.96. The highest BCUT2D eigenvalue weighted by atomic mass is 16.2. The minimum Gasteiger partial charge on any atom is -0.384 e. The van der Waals surface area contributed by atoms with Crippen LogP contribution in [0.5, 0.6) is 0 Å². The summed E-state index contributed by atoms with van der Waals surface area (Å²) in [4.78, 5) is 27.5. The molecule has 3 aromatic carbocycles. The minimum atomic E-state index is -0.660. The lowest BCUT2D eigenvalue weighted by atomic mass is 10.0. The van der Waals surface area contributed by atoms with E-state index in [2.05, 4.69) is 10.6 Å². The maximum Gasteiger partial charge on any atom is 0.251 e. The van der Waals surface area contributed by atoms with Crippen molar-refractivity contribution in [3.63, 3.8) is 0 Å². The molecule has 7 heteroatoms. The lowest BCUT2D eigenvalue weighted by molar-refractivity contribution is -0.119. The molecule has 3 aromatic rings. The molecule has 0 saturated carbocycles. The van der Waals surface area contributed by atoms with Gasteiger partial charge in [-0.05, 0) is 61.2 Å². The van der Waals surface area contributed by atoms with Gasteiger partial charge in [-0.3, -0.25) is 15.0 Å². The van der Waals surface area contributed by atoms with Gasteiger partial charge in [0.1, 0.15) is 11.9 Å². The lowest BCUT2D eigenvalue weighted by Crippen LogP contribution is -2.35. The van der Waals surface area contributed by atoms with E-state index in [1.807, 2.05) is 66.4 Å². The quantitative estimate of drug-likeness (QED) is 0.308. The van der Waals surface area contributed by atoms with Crippen molar-refractivity contribution in [1.82, 2.24) is 0 Å². The van der Waals surface area contributed by atoms with Crippen molar-refractivity contribution in [3.8, 4) is 0 Å². The molecule has 0 bridgehead atoms. The monoisotopic (exact) mass is 455 g/mol. The maximum absolute atomic E-state index is 13.4. The number of carbonyl (C=O) groups is 2. The average molecular weight is 456 g/mol. The van der Waals surface area contributed by atoms with Crippen LogP contribution in [0.1, 0.15) is 42.0 Å². The smallest absolute Gasteiger partial charge is 0.251 e. The molecule has 1 aliphatic rings. The van der Waals surface area contributed by atoms with Crippen molar-refractivity contribution in [2.75, 3.05) is 22.1 Å².